The molecule has 5 nitrogen and oxygen atoms in total. The number of amides is 2. The molecule has 1 aromatic heterocycles. The van der Waals surface area contributed by atoms with Crippen molar-refractivity contribution in [3.63, 3.8) is 0 Å². The molecule has 0 atom stereocenters. The Morgan fingerprint density at radius 1 is 1.29 bits per heavy atom. The van der Waals surface area contributed by atoms with E-state index in [0.29, 0.717) is 24.4 Å². The Hall–Kier alpha value is -1.91. The molecule has 0 aliphatic carbocycles. The fraction of sp³-hybridized carbons (Fsp3) is 0.632. The summed E-state index contributed by atoms with van der Waals surface area (Å²) < 4.78 is 0. The Labute approximate surface area is 144 Å². The van der Waals surface area contributed by atoms with Crippen LogP contribution in [0.2, 0.25) is 0 Å². The minimum Gasteiger partial charge on any atom is -0.352 e. The van der Waals surface area contributed by atoms with Crippen LogP contribution >= 0.6 is 0 Å². The minimum atomic E-state index is -0.0433. The van der Waals surface area contributed by atoms with Crippen LogP contribution in [0.15, 0.2) is 12.1 Å². The highest BCUT2D eigenvalue weighted by Crippen LogP contribution is 2.29. The molecule has 0 spiro atoms. The lowest BCUT2D eigenvalue weighted by molar-refractivity contribution is -0.131. The number of rotatable bonds is 5. The monoisotopic (exact) mass is 331 g/mol. The Balaban J connectivity index is 2.13. The quantitative estimate of drug-likeness (QED) is 0.902. The first-order valence-corrected chi connectivity index (χ1v) is 8.95. The molecule has 0 unspecified atom stereocenters. The molecule has 1 fully saturated rings. The maximum atomic E-state index is 12.5. The summed E-state index contributed by atoms with van der Waals surface area (Å²) in [5.74, 6) is 0.823. The molecule has 1 aromatic rings. The van der Waals surface area contributed by atoms with E-state index in [4.69, 9.17) is 0 Å². The van der Waals surface area contributed by atoms with Crippen molar-refractivity contribution in [2.24, 2.45) is 5.92 Å². The summed E-state index contributed by atoms with van der Waals surface area (Å²) in [6.45, 7) is 10.2. The summed E-state index contributed by atoms with van der Waals surface area (Å²) in [5.41, 5.74) is 2.50. The average molecular weight is 331 g/mol. The van der Waals surface area contributed by atoms with E-state index in [2.05, 4.69) is 24.1 Å². The zero-order valence-electron chi connectivity index (χ0n) is 15.3. The molecular formula is C19H29N3O2. The van der Waals surface area contributed by atoms with Crippen molar-refractivity contribution in [1.82, 2.24) is 15.2 Å². The molecule has 0 saturated carbocycles. The lowest BCUT2D eigenvalue weighted by Gasteiger charge is -2.32. The number of nitrogens with one attached hydrogen (secondary N) is 1. The normalized spacial score (nSPS) is 15.6. The first-order valence-electron chi connectivity index (χ1n) is 8.95. The van der Waals surface area contributed by atoms with E-state index in [1.165, 1.54) is 0 Å². The van der Waals surface area contributed by atoms with Gasteiger partial charge in [-0.15, -0.1) is 0 Å². The maximum absolute atomic E-state index is 12.5. The van der Waals surface area contributed by atoms with Gasteiger partial charge in [-0.2, -0.15) is 0 Å². The summed E-state index contributed by atoms with van der Waals surface area (Å²) in [4.78, 5) is 31.0. The molecule has 1 N–H and O–H groups in total. The van der Waals surface area contributed by atoms with Gasteiger partial charge in [-0.25, -0.2) is 0 Å². The molecular weight excluding hydrogens is 302 g/mol. The second-order valence-electron chi connectivity index (χ2n) is 7.00. The second-order valence-corrected chi connectivity index (χ2v) is 7.00. The fourth-order valence-electron chi connectivity index (χ4n) is 3.10. The molecule has 1 saturated heterocycles. The standard InChI is InChI=1S/C19H29N3O2/c1-5-17(23)22-10-8-15(9-11-22)18-16(7-6-14(4)21-18)19(24)20-12-13(2)3/h6-7,13,15H,5,8-12H2,1-4H3,(H,20,24). The summed E-state index contributed by atoms with van der Waals surface area (Å²) >= 11 is 0. The Kier molecular flexibility index (Phi) is 6.35. The van der Waals surface area contributed by atoms with Crippen LogP contribution in [0.3, 0.4) is 0 Å². The molecule has 0 aromatic carbocycles. The van der Waals surface area contributed by atoms with E-state index >= 15 is 0 Å². The molecule has 5 heteroatoms. The highest BCUT2D eigenvalue weighted by Gasteiger charge is 2.27. The number of carbonyl (C=O) groups is 2. The summed E-state index contributed by atoms with van der Waals surface area (Å²) in [6.07, 6.45) is 2.29. The summed E-state index contributed by atoms with van der Waals surface area (Å²) in [7, 11) is 0. The van der Waals surface area contributed by atoms with Crippen LogP contribution < -0.4 is 5.32 Å². The molecule has 24 heavy (non-hydrogen) atoms. The van der Waals surface area contributed by atoms with Gasteiger partial charge in [-0.05, 0) is 37.8 Å². The third-order valence-electron chi connectivity index (χ3n) is 4.52. The zero-order valence-corrected chi connectivity index (χ0v) is 15.3. The van der Waals surface area contributed by atoms with Crippen LogP contribution in [0.1, 0.15) is 67.7 Å². The highest BCUT2D eigenvalue weighted by molar-refractivity contribution is 5.95. The van der Waals surface area contributed by atoms with E-state index in [-0.39, 0.29) is 17.7 Å². The van der Waals surface area contributed by atoms with Crippen molar-refractivity contribution in [2.45, 2.75) is 52.9 Å². The van der Waals surface area contributed by atoms with Gasteiger partial charge in [0.25, 0.3) is 5.91 Å². The van der Waals surface area contributed by atoms with Gasteiger partial charge in [-0.1, -0.05) is 20.8 Å². The number of nitrogens with zero attached hydrogens (tertiary/aromatic N) is 2. The van der Waals surface area contributed by atoms with Gasteiger partial charge < -0.3 is 10.2 Å². The Morgan fingerprint density at radius 3 is 2.54 bits per heavy atom. The number of likely N-dealkylation sites (tertiary alicyclic amines) is 1. The van der Waals surface area contributed by atoms with E-state index < -0.39 is 0 Å². The molecule has 0 bridgehead atoms. The maximum Gasteiger partial charge on any atom is 0.253 e. The van der Waals surface area contributed by atoms with Crippen molar-refractivity contribution < 1.29 is 9.59 Å². The van der Waals surface area contributed by atoms with Crippen LogP contribution in [-0.4, -0.2) is 41.3 Å². The number of carbonyl (C=O) groups excluding carboxylic acids is 2. The van der Waals surface area contributed by atoms with Crippen LogP contribution in [0.4, 0.5) is 0 Å². The van der Waals surface area contributed by atoms with E-state index in [1.54, 1.807) is 0 Å². The predicted octanol–water partition coefficient (Wildman–Crippen LogP) is 2.89. The first kappa shape index (κ1) is 18.4. The van der Waals surface area contributed by atoms with Crippen molar-refractivity contribution in [3.05, 3.63) is 29.1 Å². The van der Waals surface area contributed by atoms with E-state index in [1.807, 2.05) is 30.9 Å². The number of aryl methyl sites for hydroxylation is 1. The largest absolute Gasteiger partial charge is 0.352 e. The number of pyridine rings is 1. The highest BCUT2D eigenvalue weighted by atomic mass is 16.2. The predicted molar refractivity (Wildman–Crippen MR) is 95.0 cm³/mol. The average Bonchev–Trinajstić information content (AvgIpc) is 2.59. The smallest absolute Gasteiger partial charge is 0.253 e. The second kappa shape index (κ2) is 8.27. The van der Waals surface area contributed by atoms with Crippen LogP contribution in [0.25, 0.3) is 0 Å². The van der Waals surface area contributed by atoms with Crippen molar-refractivity contribution in [1.29, 1.82) is 0 Å². The SMILES string of the molecule is CCC(=O)N1CCC(c2nc(C)ccc2C(=O)NCC(C)C)CC1. The van der Waals surface area contributed by atoms with Gasteiger partial charge in [0.2, 0.25) is 5.91 Å². The van der Waals surface area contributed by atoms with Gasteiger partial charge in [0, 0.05) is 37.7 Å². The van der Waals surface area contributed by atoms with E-state index in [9.17, 15) is 9.59 Å². The van der Waals surface area contributed by atoms with Crippen LogP contribution in [0, 0.1) is 12.8 Å². The topological polar surface area (TPSA) is 62.3 Å². The minimum absolute atomic E-state index is 0.0433. The first-order chi connectivity index (χ1) is 11.4. The van der Waals surface area contributed by atoms with Gasteiger partial charge in [0.1, 0.15) is 0 Å². The molecule has 0 radical (unpaired) electrons. The molecule has 2 amide bonds. The van der Waals surface area contributed by atoms with Crippen molar-refractivity contribution >= 4 is 11.8 Å². The summed E-state index contributed by atoms with van der Waals surface area (Å²) in [5, 5.41) is 2.99. The molecule has 2 heterocycles. The Bertz CT molecular complexity index is 590. The van der Waals surface area contributed by atoms with Gasteiger partial charge in [-0.3, -0.25) is 14.6 Å². The zero-order chi connectivity index (χ0) is 17.7. The lowest BCUT2D eigenvalue weighted by Crippen LogP contribution is -2.38. The van der Waals surface area contributed by atoms with Gasteiger partial charge >= 0.3 is 0 Å². The van der Waals surface area contributed by atoms with Crippen molar-refractivity contribution in [2.75, 3.05) is 19.6 Å². The molecule has 1 aliphatic rings. The number of aromatic nitrogens is 1. The van der Waals surface area contributed by atoms with Gasteiger partial charge in [0.05, 0.1) is 11.3 Å². The lowest BCUT2D eigenvalue weighted by atomic mass is 9.89. The number of hydrogen-bond donors (Lipinski definition) is 1. The molecule has 2 rings (SSSR count). The molecule has 132 valence electrons. The number of piperidine rings is 1. The van der Waals surface area contributed by atoms with E-state index in [0.717, 1.165) is 37.3 Å². The molecule has 1 aliphatic heterocycles. The third-order valence-corrected chi connectivity index (χ3v) is 4.52. The fourth-order valence-corrected chi connectivity index (χ4v) is 3.10. The van der Waals surface area contributed by atoms with Crippen LogP contribution in [0.5, 0.6) is 0 Å². The number of hydrogen-bond acceptors (Lipinski definition) is 3. The van der Waals surface area contributed by atoms with Crippen molar-refractivity contribution in [3.8, 4) is 0 Å². The third kappa shape index (κ3) is 4.56. The Morgan fingerprint density at radius 2 is 1.96 bits per heavy atom. The summed E-state index contributed by atoms with van der Waals surface area (Å²) in [6, 6.07) is 3.78. The van der Waals surface area contributed by atoms with Gasteiger partial charge in [0.15, 0.2) is 0 Å². The van der Waals surface area contributed by atoms with Crippen LogP contribution in [-0.2, 0) is 4.79 Å².